The molecule has 0 spiro atoms. The van der Waals surface area contributed by atoms with Crippen LogP contribution in [0.3, 0.4) is 0 Å². The molecule has 0 saturated carbocycles. The largest absolute Gasteiger partial charge is 0.382 e. The molecule has 1 aliphatic heterocycles. The van der Waals surface area contributed by atoms with Gasteiger partial charge in [0.25, 0.3) is 0 Å². The second-order valence-electron chi connectivity index (χ2n) is 3.69. The van der Waals surface area contributed by atoms with E-state index in [1.54, 1.807) is 28.4 Å². The minimum atomic E-state index is -0.573. The molecule has 17 heavy (non-hydrogen) atoms. The van der Waals surface area contributed by atoms with E-state index < -0.39 is 6.29 Å². The van der Waals surface area contributed by atoms with Crippen molar-refractivity contribution in [3.05, 3.63) is 0 Å². The van der Waals surface area contributed by atoms with Crippen molar-refractivity contribution in [2.75, 3.05) is 35.0 Å². The lowest BCUT2D eigenvalue weighted by atomic mass is 9.98. The zero-order chi connectivity index (χ0) is 12.8. The van der Waals surface area contributed by atoms with Crippen LogP contribution in [0, 0.1) is 0 Å². The first-order valence-electron chi connectivity index (χ1n) is 5.23. The van der Waals surface area contributed by atoms with E-state index in [2.05, 4.69) is 16.3 Å². The molecule has 0 amide bonds. The number of methoxy groups -OCH3 is 4. The van der Waals surface area contributed by atoms with Gasteiger partial charge in [-0.05, 0) is 0 Å². The van der Waals surface area contributed by atoms with E-state index in [0.29, 0.717) is 6.61 Å². The fourth-order valence-electron chi connectivity index (χ4n) is 2.05. The van der Waals surface area contributed by atoms with Crippen molar-refractivity contribution in [3.8, 4) is 0 Å². The van der Waals surface area contributed by atoms with E-state index in [1.807, 2.05) is 0 Å². The molecule has 1 saturated heterocycles. The third-order valence-corrected chi connectivity index (χ3v) is 3.19. The van der Waals surface area contributed by atoms with E-state index in [1.165, 1.54) is 0 Å². The molecule has 102 valence electrons. The van der Waals surface area contributed by atoms with Gasteiger partial charge in [0.15, 0.2) is 6.29 Å². The fourth-order valence-corrected chi connectivity index (χ4v) is 2.35. The van der Waals surface area contributed by atoms with Gasteiger partial charge in [-0.3, -0.25) is 3.83 Å². The molecule has 0 bridgehead atoms. The normalized spacial score (nSPS) is 38.3. The monoisotopic (exact) mass is 314 g/mol. The van der Waals surface area contributed by atoms with Crippen LogP contribution in [-0.2, 0) is 27.5 Å². The summed E-state index contributed by atoms with van der Waals surface area (Å²) in [6.45, 7) is 0.391. The highest BCUT2D eigenvalue weighted by atomic mass is 79.9. The Hall–Kier alpha value is 0.240. The molecule has 1 fully saturated rings. The van der Waals surface area contributed by atoms with Gasteiger partial charge in [-0.1, -0.05) is 0 Å². The van der Waals surface area contributed by atoms with Gasteiger partial charge >= 0.3 is 0 Å². The SMILES string of the molecule is COC[C@H]1O[C@@H](OBr)[C@H](OC)[C@@H](OC)[C@@H]1OC. The zero-order valence-corrected chi connectivity index (χ0v) is 12.0. The summed E-state index contributed by atoms with van der Waals surface area (Å²) in [5.74, 6) is 0. The lowest BCUT2D eigenvalue weighted by Crippen LogP contribution is -2.60. The Morgan fingerprint density at radius 2 is 1.53 bits per heavy atom. The molecule has 1 rings (SSSR count). The molecular weight excluding hydrogens is 296 g/mol. The first kappa shape index (κ1) is 15.3. The summed E-state index contributed by atoms with van der Waals surface area (Å²) in [6.07, 6.45) is -1.79. The second kappa shape index (κ2) is 7.63. The molecule has 7 heteroatoms. The topological polar surface area (TPSA) is 55.4 Å². The van der Waals surface area contributed by atoms with Crippen LogP contribution in [0.2, 0.25) is 0 Å². The molecule has 1 aliphatic rings. The molecule has 0 unspecified atom stereocenters. The van der Waals surface area contributed by atoms with Crippen molar-refractivity contribution in [2.45, 2.75) is 30.7 Å². The Bertz CT molecular complexity index is 217. The third-order valence-electron chi connectivity index (χ3n) is 2.83. The lowest BCUT2D eigenvalue weighted by Gasteiger charge is -2.43. The van der Waals surface area contributed by atoms with E-state index in [9.17, 15) is 0 Å². The molecule has 0 N–H and O–H groups in total. The van der Waals surface area contributed by atoms with Gasteiger partial charge < -0.3 is 23.7 Å². The van der Waals surface area contributed by atoms with Crippen LogP contribution >= 0.6 is 16.3 Å². The third kappa shape index (κ3) is 3.37. The average molecular weight is 315 g/mol. The number of hydrogen-bond donors (Lipinski definition) is 0. The lowest BCUT2D eigenvalue weighted by molar-refractivity contribution is -0.287. The van der Waals surface area contributed by atoms with Crippen molar-refractivity contribution in [1.29, 1.82) is 0 Å². The first-order valence-corrected chi connectivity index (χ1v) is 5.88. The summed E-state index contributed by atoms with van der Waals surface area (Å²) in [5, 5.41) is 0. The van der Waals surface area contributed by atoms with Crippen molar-refractivity contribution in [1.82, 2.24) is 0 Å². The van der Waals surface area contributed by atoms with Crippen LogP contribution < -0.4 is 0 Å². The first-order chi connectivity index (χ1) is 8.23. The van der Waals surface area contributed by atoms with Crippen LogP contribution in [0.4, 0.5) is 0 Å². The number of hydrogen-bond acceptors (Lipinski definition) is 6. The van der Waals surface area contributed by atoms with Crippen LogP contribution in [0.15, 0.2) is 0 Å². The van der Waals surface area contributed by atoms with Gasteiger partial charge in [-0.2, -0.15) is 0 Å². The standard InChI is InChI=1S/C10H19BrO6/c1-12-5-6-7(13-2)8(14-3)9(15-4)10(16-6)17-11/h6-10H,5H2,1-4H3/t6-,7-,8+,9-,10+/m1/s1. The van der Waals surface area contributed by atoms with Gasteiger partial charge in [0.05, 0.1) is 6.61 Å². The maximum Gasteiger partial charge on any atom is 0.199 e. The van der Waals surface area contributed by atoms with Crippen molar-refractivity contribution >= 4 is 16.3 Å². The smallest absolute Gasteiger partial charge is 0.199 e. The molecule has 0 aromatic heterocycles. The molecule has 5 atom stereocenters. The fraction of sp³-hybridized carbons (Fsp3) is 1.00. The van der Waals surface area contributed by atoms with Crippen molar-refractivity contribution in [3.63, 3.8) is 0 Å². The van der Waals surface area contributed by atoms with Crippen LogP contribution in [0.25, 0.3) is 0 Å². The number of halogens is 1. The van der Waals surface area contributed by atoms with Crippen LogP contribution in [0.5, 0.6) is 0 Å². The highest BCUT2D eigenvalue weighted by molar-refractivity contribution is 9.06. The van der Waals surface area contributed by atoms with Gasteiger partial charge in [0.1, 0.15) is 40.7 Å². The maximum atomic E-state index is 5.69. The zero-order valence-electron chi connectivity index (χ0n) is 10.4. The van der Waals surface area contributed by atoms with Crippen LogP contribution in [0.1, 0.15) is 0 Å². The van der Waals surface area contributed by atoms with Crippen molar-refractivity contribution in [2.24, 2.45) is 0 Å². The Balaban J connectivity index is 2.84. The summed E-state index contributed by atoms with van der Waals surface area (Å²) in [5.41, 5.74) is 0. The maximum absolute atomic E-state index is 5.69. The Labute approximate surface area is 110 Å². The van der Waals surface area contributed by atoms with Gasteiger partial charge in [0, 0.05) is 28.4 Å². The Morgan fingerprint density at radius 1 is 0.941 bits per heavy atom. The Kier molecular flexibility index (Phi) is 6.86. The predicted octanol–water partition coefficient (Wildman–Crippen LogP) is 0.729. The number of ether oxygens (including phenoxy) is 5. The van der Waals surface area contributed by atoms with Gasteiger partial charge in [-0.15, -0.1) is 0 Å². The molecule has 0 radical (unpaired) electrons. The van der Waals surface area contributed by atoms with E-state index >= 15 is 0 Å². The highest BCUT2D eigenvalue weighted by Crippen LogP contribution is 2.28. The minimum Gasteiger partial charge on any atom is -0.382 e. The molecule has 0 aliphatic carbocycles. The molecule has 0 aromatic carbocycles. The van der Waals surface area contributed by atoms with E-state index in [4.69, 9.17) is 27.5 Å². The summed E-state index contributed by atoms with van der Waals surface area (Å²) in [7, 11) is 6.38. The summed E-state index contributed by atoms with van der Waals surface area (Å²) in [6, 6.07) is 0. The number of rotatable bonds is 6. The minimum absolute atomic E-state index is 0.274. The highest BCUT2D eigenvalue weighted by Gasteiger charge is 2.47. The second-order valence-corrected chi connectivity index (χ2v) is 4.06. The van der Waals surface area contributed by atoms with Gasteiger partial charge in [0.2, 0.25) is 0 Å². The molecule has 6 nitrogen and oxygen atoms in total. The van der Waals surface area contributed by atoms with Crippen molar-refractivity contribution < 1.29 is 27.5 Å². The predicted molar refractivity (Wildman–Crippen MR) is 62.9 cm³/mol. The van der Waals surface area contributed by atoms with E-state index in [0.717, 1.165) is 0 Å². The average Bonchev–Trinajstić information content (AvgIpc) is 2.37. The Morgan fingerprint density at radius 3 is 1.94 bits per heavy atom. The summed E-state index contributed by atoms with van der Waals surface area (Å²) >= 11 is 2.93. The van der Waals surface area contributed by atoms with Gasteiger partial charge in [-0.25, -0.2) is 0 Å². The molecule has 0 aromatic rings. The van der Waals surface area contributed by atoms with E-state index in [-0.39, 0.29) is 24.4 Å². The summed E-state index contributed by atoms with van der Waals surface area (Å²) in [4.78, 5) is 0. The quantitative estimate of drug-likeness (QED) is 0.720. The molecular formula is C10H19BrO6. The summed E-state index contributed by atoms with van der Waals surface area (Å²) < 4.78 is 32.0. The van der Waals surface area contributed by atoms with Crippen LogP contribution in [-0.4, -0.2) is 65.8 Å². The molecule has 1 heterocycles.